The van der Waals surface area contributed by atoms with E-state index in [-0.39, 0.29) is 24.9 Å². The number of carbonyl (C=O) groups is 2. The fraction of sp³-hybridized carbons (Fsp3) is 0.222. The van der Waals surface area contributed by atoms with Gasteiger partial charge in [0, 0.05) is 25.6 Å². The maximum absolute atomic E-state index is 12.2. The van der Waals surface area contributed by atoms with E-state index in [9.17, 15) is 9.59 Å². The Bertz CT molecular complexity index is 781. The van der Waals surface area contributed by atoms with E-state index in [1.807, 2.05) is 0 Å². The van der Waals surface area contributed by atoms with Crippen LogP contribution in [-0.4, -0.2) is 32.0 Å². The molecule has 0 aromatic heterocycles. The van der Waals surface area contributed by atoms with E-state index in [2.05, 4.69) is 5.32 Å². The Morgan fingerprint density at radius 3 is 2.56 bits per heavy atom. The number of benzene rings is 2. The average Bonchev–Trinajstić information content (AvgIpc) is 2.61. The van der Waals surface area contributed by atoms with Gasteiger partial charge in [-0.3, -0.25) is 9.59 Å². The fourth-order valence-corrected chi connectivity index (χ4v) is 2.69. The Hall–Kier alpha value is -2.24. The van der Waals surface area contributed by atoms with Crippen LogP contribution in [0.2, 0.25) is 10.0 Å². The third-order valence-electron chi connectivity index (χ3n) is 3.56. The van der Waals surface area contributed by atoms with E-state index < -0.39 is 0 Å². The van der Waals surface area contributed by atoms with Crippen LogP contribution in [0.1, 0.15) is 17.3 Å². The molecule has 2 aromatic carbocycles. The second-order valence-corrected chi connectivity index (χ2v) is 6.02. The van der Waals surface area contributed by atoms with Crippen molar-refractivity contribution in [2.24, 2.45) is 0 Å². The predicted molar refractivity (Wildman–Crippen MR) is 99.8 cm³/mol. The van der Waals surface area contributed by atoms with Gasteiger partial charge in [0.15, 0.2) is 0 Å². The second kappa shape index (κ2) is 8.74. The van der Waals surface area contributed by atoms with Crippen molar-refractivity contribution in [3.63, 3.8) is 0 Å². The largest absolute Gasteiger partial charge is 0.497 e. The third-order valence-corrected chi connectivity index (χ3v) is 4.36. The summed E-state index contributed by atoms with van der Waals surface area (Å²) < 4.78 is 5.10. The van der Waals surface area contributed by atoms with E-state index >= 15 is 0 Å². The first-order chi connectivity index (χ1) is 11.9. The molecule has 7 heteroatoms. The van der Waals surface area contributed by atoms with Gasteiger partial charge in [-0.1, -0.05) is 35.3 Å². The number of amides is 2. The van der Waals surface area contributed by atoms with Gasteiger partial charge >= 0.3 is 0 Å². The van der Waals surface area contributed by atoms with Crippen LogP contribution in [0.15, 0.2) is 42.5 Å². The maximum atomic E-state index is 12.2. The van der Waals surface area contributed by atoms with Gasteiger partial charge in [0.05, 0.1) is 22.8 Å². The summed E-state index contributed by atoms with van der Waals surface area (Å²) in [5.41, 5.74) is 0.992. The quantitative estimate of drug-likeness (QED) is 0.829. The number of anilines is 1. The maximum Gasteiger partial charge on any atom is 0.251 e. The summed E-state index contributed by atoms with van der Waals surface area (Å²) in [7, 11) is 1.54. The van der Waals surface area contributed by atoms with Crippen molar-refractivity contribution in [3.05, 3.63) is 58.1 Å². The summed E-state index contributed by atoms with van der Waals surface area (Å²) in [4.78, 5) is 25.6. The molecule has 0 fully saturated rings. The minimum absolute atomic E-state index is 0.195. The lowest BCUT2D eigenvalue weighted by molar-refractivity contribution is -0.116. The zero-order valence-corrected chi connectivity index (χ0v) is 15.4. The Kier molecular flexibility index (Phi) is 6.67. The van der Waals surface area contributed by atoms with Crippen molar-refractivity contribution in [2.45, 2.75) is 6.92 Å². The summed E-state index contributed by atoms with van der Waals surface area (Å²) >= 11 is 12.2. The fourth-order valence-electron chi connectivity index (χ4n) is 2.30. The molecule has 0 heterocycles. The number of carbonyl (C=O) groups excluding carboxylic acids is 2. The summed E-state index contributed by atoms with van der Waals surface area (Å²) in [6, 6.07) is 11.9. The lowest BCUT2D eigenvalue weighted by Gasteiger charge is -2.23. The highest BCUT2D eigenvalue weighted by molar-refractivity contribution is 6.44. The van der Waals surface area contributed by atoms with Gasteiger partial charge in [0.25, 0.3) is 5.91 Å². The number of ether oxygens (including phenoxy) is 1. The molecule has 0 aliphatic heterocycles. The van der Waals surface area contributed by atoms with Crippen LogP contribution in [0.3, 0.4) is 0 Å². The molecule has 0 bridgehead atoms. The number of halogens is 2. The van der Waals surface area contributed by atoms with Crippen molar-refractivity contribution in [3.8, 4) is 5.75 Å². The summed E-state index contributed by atoms with van der Waals surface area (Å²) in [5.74, 6) is 0.156. The van der Waals surface area contributed by atoms with Gasteiger partial charge in [0.1, 0.15) is 5.75 Å². The molecule has 2 rings (SSSR count). The lowest BCUT2D eigenvalue weighted by Crippen LogP contribution is -2.37. The monoisotopic (exact) mass is 380 g/mol. The number of methoxy groups -OCH3 is 1. The molecule has 2 aromatic rings. The van der Waals surface area contributed by atoms with Crippen LogP contribution >= 0.6 is 23.2 Å². The van der Waals surface area contributed by atoms with Crippen LogP contribution < -0.4 is 15.0 Å². The van der Waals surface area contributed by atoms with Gasteiger partial charge in [-0.25, -0.2) is 0 Å². The molecule has 0 aliphatic rings. The molecular formula is C18H18Cl2N2O3. The predicted octanol–water partition coefficient (Wildman–Crippen LogP) is 3.78. The summed E-state index contributed by atoms with van der Waals surface area (Å²) in [5, 5.41) is 3.45. The Morgan fingerprint density at radius 1 is 1.16 bits per heavy atom. The highest BCUT2D eigenvalue weighted by atomic mass is 35.5. The van der Waals surface area contributed by atoms with Gasteiger partial charge in [-0.05, 0) is 30.3 Å². The van der Waals surface area contributed by atoms with Crippen molar-refractivity contribution in [1.82, 2.24) is 5.32 Å². The number of nitrogens with one attached hydrogen (secondary N) is 1. The van der Waals surface area contributed by atoms with E-state index in [1.54, 1.807) is 42.5 Å². The zero-order valence-electron chi connectivity index (χ0n) is 13.9. The normalized spacial score (nSPS) is 10.2. The number of nitrogens with zero attached hydrogens (tertiary/aromatic N) is 1. The van der Waals surface area contributed by atoms with Gasteiger partial charge in [-0.15, -0.1) is 0 Å². The van der Waals surface area contributed by atoms with Crippen molar-refractivity contribution >= 4 is 40.7 Å². The average molecular weight is 381 g/mol. The van der Waals surface area contributed by atoms with Crippen LogP contribution in [0.25, 0.3) is 0 Å². The molecule has 132 valence electrons. The first kappa shape index (κ1) is 19.1. The van der Waals surface area contributed by atoms with Crippen LogP contribution in [-0.2, 0) is 4.79 Å². The Balaban J connectivity index is 2.03. The first-order valence-electron chi connectivity index (χ1n) is 7.58. The minimum atomic E-state index is -0.250. The molecule has 0 saturated heterocycles. The molecule has 0 aliphatic carbocycles. The first-order valence-corrected chi connectivity index (χ1v) is 8.34. The number of hydrogen-bond donors (Lipinski definition) is 1. The van der Waals surface area contributed by atoms with E-state index in [1.165, 1.54) is 18.9 Å². The summed E-state index contributed by atoms with van der Waals surface area (Å²) in [6.07, 6.45) is 0. The number of rotatable bonds is 6. The number of hydrogen-bond acceptors (Lipinski definition) is 3. The van der Waals surface area contributed by atoms with Crippen LogP contribution in [0.5, 0.6) is 5.75 Å². The molecule has 0 radical (unpaired) electrons. The Morgan fingerprint density at radius 2 is 1.88 bits per heavy atom. The lowest BCUT2D eigenvalue weighted by atomic mass is 10.2. The minimum Gasteiger partial charge on any atom is -0.497 e. The van der Waals surface area contributed by atoms with Crippen LogP contribution in [0, 0.1) is 0 Å². The second-order valence-electron chi connectivity index (χ2n) is 5.23. The Labute approximate surface area is 156 Å². The van der Waals surface area contributed by atoms with Crippen molar-refractivity contribution < 1.29 is 14.3 Å². The molecule has 5 nitrogen and oxygen atoms in total. The molecule has 0 spiro atoms. The van der Waals surface area contributed by atoms with E-state index in [0.29, 0.717) is 27.0 Å². The molecule has 1 N–H and O–H groups in total. The van der Waals surface area contributed by atoms with Gasteiger partial charge in [-0.2, -0.15) is 0 Å². The zero-order chi connectivity index (χ0) is 18.4. The van der Waals surface area contributed by atoms with Crippen LogP contribution in [0.4, 0.5) is 5.69 Å². The van der Waals surface area contributed by atoms with Gasteiger partial charge in [0.2, 0.25) is 5.91 Å². The smallest absolute Gasteiger partial charge is 0.251 e. The molecule has 0 atom stereocenters. The summed E-state index contributed by atoms with van der Waals surface area (Å²) in [6.45, 7) is 1.96. The highest BCUT2D eigenvalue weighted by Gasteiger charge is 2.16. The topological polar surface area (TPSA) is 58.6 Å². The SMILES string of the molecule is COc1cccc(C(=O)NCCN(C(C)=O)c2cccc(Cl)c2Cl)c1. The molecule has 0 saturated carbocycles. The van der Waals surface area contributed by atoms with Crippen molar-refractivity contribution in [1.29, 1.82) is 0 Å². The van der Waals surface area contributed by atoms with E-state index in [4.69, 9.17) is 27.9 Å². The molecule has 2 amide bonds. The standard InChI is InChI=1S/C18H18Cl2N2O3/c1-12(23)22(16-8-4-7-15(19)17(16)20)10-9-21-18(24)13-5-3-6-14(11-13)25-2/h3-8,11H,9-10H2,1-2H3,(H,21,24). The third kappa shape index (κ3) is 4.87. The van der Waals surface area contributed by atoms with Crippen molar-refractivity contribution in [2.75, 3.05) is 25.1 Å². The highest BCUT2D eigenvalue weighted by Crippen LogP contribution is 2.32. The molecule has 25 heavy (non-hydrogen) atoms. The molecule has 0 unspecified atom stereocenters. The molecular weight excluding hydrogens is 363 g/mol. The van der Waals surface area contributed by atoms with E-state index in [0.717, 1.165) is 0 Å². The van der Waals surface area contributed by atoms with Gasteiger partial charge < -0.3 is 15.0 Å².